The number of anilines is 1. The Morgan fingerprint density at radius 2 is 1.89 bits per heavy atom. The molecule has 1 aromatic carbocycles. The molecule has 0 spiro atoms. The number of aliphatic hydroxyl groups excluding tert-OH is 1. The molecule has 2 rings (SSSR count). The summed E-state index contributed by atoms with van der Waals surface area (Å²) in [5.41, 5.74) is 0.501. The van der Waals surface area contributed by atoms with E-state index in [0.717, 1.165) is 25.7 Å². The van der Waals surface area contributed by atoms with Gasteiger partial charge in [0.25, 0.3) is 0 Å². The molecule has 1 fully saturated rings. The topological polar surface area (TPSA) is 69.6 Å². The summed E-state index contributed by atoms with van der Waals surface area (Å²) in [7, 11) is 0. The zero-order chi connectivity index (χ0) is 13.0. The molecule has 0 aliphatic heterocycles. The van der Waals surface area contributed by atoms with Gasteiger partial charge in [-0.3, -0.25) is 0 Å². The largest absolute Gasteiger partial charge is 0.478 e. The van der Waals surface area contributed by atoms with Gasteiger partial charge >= 0.3 is 5.97 Å². The van der Waals surface area contributed by atoms with E-state index in [0.29, 0.717) is 5.69 Å². The number of aromatic carboxylic acids is 1. The Balaban J connectivity index is 2.24. The Hall–Kier alpha value is -1.55. The Morgan fingerprint density at radius 1 is 1.22 bits per heavy atom. The zero-order valence-corrected chi connectivity index (χ0v) is 10.4. The maximum Gasteiger partial charge on any atom is 0.337 e. The van der Waals surface area contributed by atoms with E-state index >= 15 is 0 Å². The van der Waals surface area contributed by atoms with E-state index in [1.54, 1.807) is 18.2 Å². The smallest absolute Gasteiger partial charge is 0.337 e. The Bertz CT molecular complexity index is 425. The highest BCUT2D eigenvalue weighted by atomic mass is 16.4. The van der Waals surface area contributed by atoms with Gasteiger partial charge in [-0.25, -0.2) is 4.79 Å². The normalized spacial score (nSPS) is 18.3. The number of aliphatic hydroxyl groups is 1. The first-order valence-electron chi connectivity index (χ1n) is 6.38. The second-order valence-electron chi connectivity index (χ2n) is 4.97. The number of hydrogen-bond donors (Lipinski definition) is 3. The van der Waals surface area contributed by atoms with Crippen LogP contribution in [0.2, 0.25) is 0 Å². The highest BCUT2D eigenvalue weighted by Gasteiger charge is 2.32. The van der Waals surface area contributed by atoms with Crippen LogP contribution in [0.25, 0.3) is 0 Å². The van der Waals surface area contributed by atoms with E-state index in [1.807, 2.05) is 6.07 Å². The van der Waals surface area contributed by atoms with Crippen molar-refractivity contribution in [2.75, 3.05) is 11.9 Å². The van der Waals surface area contributed by atoms with Gasteiger partial charge in [0.1, 0.15) is 0 Å². The van der Waals surface area contributed by atoms with Crippen LogP contribution in [-0.2, 0) is 0 Å². The van der Waals surface area contributed by atoms with Gasteiger partial charge < -0.3 is 15.5 Å². The molecule has 0 amide bonds. The van der Waals surface area contributed by atoms with Gasteiger partial charge in [0.15, 0.2) is 0 Å². The van der Waals surface area contributed by atoms with E-state index in [1.165, 1.54) is 6.42 Å². The maximum atomic E-state index is 11.2. The highest BCUT2D eigenvalue weighted by molar-refractivity contribution is 5.94. The quantitative estimate of drug-likeness (QED) is 0.766. The van der Waals surface area contributed by atoms with E-state index in [9.17, 15) is 9.90 Å². The summed E-state index contributed by atoms with van der Waals surface area (Å²) in [5.74, 6) is -0.943. The van der Waals surface area contributed by atoms with Crippen LogP contribution in [0.3, 0.4) is 0 Å². The molecule has 0 aromatic heterocycles. The zero-order valence-electron chi connectivity index (χ0n) is 10.4. The van der Waals surface area contributed by atoms with Crippen molar-refractivity contribution in [3.05, 3.63) is 29.8 Å². The summed E-state index contributed by atoms with van der Waals surface area (Å²) in [6, 6.07) is 6.86. The summed E-state index contributed by atoms with van der Waals surface area (Å²) in [6.07, 6.45) is 5.10. The third-order valence-electron chi connectivity index (χ3n) is 3.67. The molecule has 0 radical (unpaired) electrons. The van der Waals surface area contributed by atoms with Crippen LogP contribution in [0, 0.1) is 0 Å². The van der Waals surface area contributed by atoms with Crippen LogP contribution in [0.1, 0.15) is 42.5 Å². The van der Waals surface area contributed by atoms with Gasteiger partial charge in [-0.1, -0.05) is 31.4 Å². The van der Waals surface area contributed by atoms with Crippen molar-refractivity contribution in [2.24, 2.45) is 0 Å². The van der Waals surface area contributed by atoms with E-state index in [-0.39, 0.29) is 17.7 Å². The number of benzene rings is 1. The van der Waals surface area contributed by atoms with Crippen molar-refractivity contribution in [3.8, 4) is 0 Å². The number of rotatable bonds is 4. The average molecular weight is 249 g/mol. The summed E-state index contributed by atoms with van der Waals surface area (Å²) in [5, 5.41) is 22.0. The first-order valence-corrected chi connectivity index (χ1v) is 6.38. The summed E-state index contributed by atoms with van der Waals surface area (Å²) in [6.45, 7) is 0.0426. The summed E-state index contributed by atoms with van der Waals surface area (Å²) >= 11 is 0. The number of nitrogens with one attached hydrogen (secondary N) is 1. The minimum Gasteiger partial charge on any atom is -0.478 e. The van der Waals surface area contributed by atoms with Crippen LogP contribution in [-0.4, -0.2) is 28.3 Å². The SMILES string of the molecule is O=C(O)c1ccccc1NC1(CO)CCCCC1. The third kappa shape index (κ3) is 2.64. The maximum absolute atomic E-state index is 11.2. The molecule has 0 bridgehead atoms. The molecule has 1 aliphatic carbocycles. The minimum absolute atomic E-state index is 0.0426. The van der Waals surface area contributed by atoms with Crippen LogP contribution in [0.15, 0.2) is 24.3 Å². The fourth-order valence-electron chi connectivity index (χ4n) is 2.62. The molecular weight excluding hydrogens is 230 g/mol. The second-order valence-corrected chi connectivity index (χ2v) is 4.97. The van der Waals surface area contributed by atoms with Crippen molar-refractivity contribution >= 4 is 11.7 Å². The lowest BCUT2D eigenvalue weighted by Gasteiger charge is -2.37. The van der Waals surface area contributed by atoms with Crippen molar-refractivity contribution < 1.29 is 15.0 Å². The molecule has 98 valence electrons. The molecular formula is C14H19NO3. The molecule has 18 heavy (non-hydrogen) atoms. The molecule has 3 N–H and O–H groups in total. The van der Waals surface area contributed by atoms with E-state index in [4.69, 9.17) is 5.11 Å². The standard InChI is InChI=1S/C14H19NO3/c16-10-14(8-4-1-5-9-14)15-12-7-3-2-6-11(12)13(17)18/h2-3,6-7,15-16H,1,4-5,8-10H2,(H,17,18). The predicted octanol–water partition coefficient (Wildman–Crippen LogP) is 2.49. The monoisotopic (exact) mass is 249 g/mol. The lowest BCUT2D eigenvalue weighted by Crippen LogP contribution is -2.44. The van der Waals surface area contributed by atoms with Crippen LogP contribution in [0.4, 0.5) is 5.69 Å². The molecule has 1 saturated carbocycles. The fraction of sp³-hybridized carbons (Fsp3) is 0.500. The molecule has 0 atom stereocenters. The van der Waals surface area contributed by atoms with Crippen molar-refractivity contribution in [1.29, 1.82) is 0 Å². The second kappa shape index (κ2) is 5.40. The highest BCUT2D eigenvalue weighted by Crippen LogP contribution is 2.32. The molecule has 1 aromatic rings. The minimum atomic E-state index is -0.943. The van der Waals surface area contributed by atoms with Gasteiger partial charge in [0.05, 0.1) is 17.7 Å². The summed E-state index contributed by atoms with van der Waals surface area (Å²) < 4.78 is 0. The lowest BCUT2D eigenvalue weighted by atomic mass is 9.82. The number of carboxylic acids is 1. The van der Waals surface area contributed by atoms with Crippen molar-refractivity contribution in [3.63, 3.8) is 0 Å². The van der Waals surface area contributed by atoms with Crippen LogP contribution < -0.4 is 5.32 Å². The number of carbonyl (C=O) groups is 1. The Kier molecular flexibility index (Phi) is 3.87. The Labute approximate surface area is 107 Å². The molecule has 4 nitrogen and oxygen atoms in total. The molecule has 1 aliphatic rings. The molecule has 0 unspecified atom stereocenters. The number of carboxylic acid groups (broad SMARTS) is 1. The predicted molar refractivity (Wildman–Crippen MR) is 69.9 cm³/mol. The third-order valence-corrected chi connectivity index (χ3v) is 3.67. The van der Waals surface area contributed by atoms with E-state index in [2.05, 4.69) is 5.32 Å². The number of hydrogen-bond acceptors (Lipinski definition) is 3. The average Bonchev–Trinajstić information content (AvgIpc) is 2.40. The van der Waals surface area contributed by atoms with Crippen LogP contribution >= 0.6 is 0 Å². The van der Waals surface area contributed by atoms with Crippen LogP contribution in [0.5, 0.6) is 0 Å². The summed E-state index contributed by atoms with van der Waals surface area (Å²) in [4.78, 5) is 11.2. The molecule has 0 saturated heterocycles. The first-order chi connectivity index (χ1) is 8.67. The molecule has 4 heteroatoms. The first kappa shape index (κ1) is 12.9. The fourth-order valence-corrected chi connectivity index (χ4v) is 2.62. The number of para-hydroxylation sites is 1. The van der Waals surface area contributed by atoms with Gasteiger partial charge in [-0.15, -0.1) is 0 Å². The van der Waals surface area contributed by atoms with Gasteiger partial charge in [-0.05, 0) is 25.0 Å². The lowest BCUT2D eigenvalue weighted by molar-refractivity contribution is 0.0697. The molecule has 0 heterocycles. The Morgan fingerprint density at radius 3 is 2.50 bits per heavy atom. The van der Waals surface area contributed by atoms with Gasteiger partial charge in [-0.2, -0.15) is 0 Å². The van der Waals surface area contributed by atoms with E-state index < -0.39 is 5.97 Å². The van der Waals surface area contributed by atoms with Gasteiger partial charge in [0, 0.05) is 5.69 Å². The van der Waals surface area contributed by atoms with Gasteiger partial charge in [0.2, 0.25) is 0 Å². The van der Waals surface area contributed by atoms with Crippen molar-refractivity contribution in [2.45, 2.75) is 37.6 Å². The van der Waals surface area contributed by atoms with Crippen molar-refractivity contribution in [1.82, 2.24) is 0 Å².